The van der Waals surface area contributed by atoms with Crippen LogP contribution in [0.4, 0.5) is 9.18 Å². The van der Waals surface area contributed by atoms with Crippen LogP contribution in [0, 0.1) is 5.82 Å². The van der Waals surface area contributed by atoms with Crippen molar-refractivity contribution >= 4 is 17.9 Å². The molecule has 2 aromatic carbocycles. The van der Waals surface area contributed by atoms with Crippen molar-refractivity contribution in [1.29, 1.82) is 0 Å². The van der Waals surface area contributed by atoms with Gasteiger partial charge in [0.05, 0.1) is 0 Å². The molecule has 0 spiro atoms. The smallest absolute Gasteiger partial charge is 0.345 e. The lowest BCUT2D eigenvalue weighted by Crippen LogP contribution is -2.41. The van der Waals surface area contributed by atoms with Crippen LogP contribution in [0.2, 0.25) is 0 Å². The van der Waals surface area contributed by atoms with Crippen LogP contribution in [-0.2, 0) is 14.3 Å². The summed E-state index contributed by atoms with van der Waals surface area (Å²) in [6.45, 7) is -0.600. The van der Waals surface area contributed by atoms with Crippen molar-refractivity contribution in [1.82, 2.24) is 10.6 Å². The fourth-order valence-corrected chi connectivity index (χ4v) is 2.00. The maximum atomic E-state index is 13.5. The summed E-state index contributed by atoms with van der Waals surface area (Å²) in [4.78, 5) is 35.6. The van der Waals surface area contributed by atoms with Gasteiger partial charge >= 0.3 is 12.0 Å². The molecule has 2 N–H and O–H groups in total. The monoisotopic (exact) mass is 360 g/mol. The molecule has 1 atom stereocenters. The Labute approximate surface area is 149 Å². The molecule has 136 valence electrons. The second-order valence-corrected chi connectivity index (χ2v) is 5.07. The minimum Gasteiger partial charge on any atom is -0.479 e. The molecule has 0 fully saturated rings. The van der Waals surface area contributed by atoms with E-state index in [0.717, 1.165) is 0 Å². The van der Waals surface area contributed by atoms with E-state index in [1.165, 1.54) is 25.2 Å². The summed E-state index contributed by atoms with van der Waals surface area (Å²) in [6, 6.07) is 13.0. The maximum Gasteiger partial charge on any atom is 0.345 e. The minimum absolute atomic E-state index is 0.115. The van der Waals surface area contributed by atoms with E-state index < -0.39 is 36.4 Å². The Morgan fingerprint density at radius 1 is 1.04 bits per heavy atom. The third-order valence-corrected chi connectivity index (χ3v) is 3.24. The number of hydrogen-bond donors (Lipinski definition) is 2. The lowest BCUT2D eigenvalue weighted by atomic mass is 10.1. The number of carbonyl (C=O) groups excluding carboxylic acids is 3. The topological polar surface area (TPSA) is 93.7 Å². The van der Waals surface area contributed by atoms with Gasteiger partial charge in [-0.25, -0.2) is 14.0 Å². The van der Waals surface area contributed by atoms with Gasteiger partial charge in [-0.15, -0.1) is 0 Å². The number of rotatable bonds is 6. The lowest BCUT2D eigenvalue weighted by molar-refractivity contribution is -0.158. The summed E-state index contributed by atoms with van der Waals surface area (Å²) in [5.41, 5.74) is 0.369. The Kier molecular flexibility index (Phi) is 6.67. The van der Waals surface area contributed by atoms with Gasteiger partial charge in [0.1, 0.15) is 0 Å². The van der Waals surface area contributed by atoms with Gasteiger partial charge in [-0.1, -0.05) is 42.5 Å². The van der Waals surface area contributed by atoms with Crippen molar-refractivity contribution < 1.29 is 28.2 Å². The standard InChI is InChI=1S/C18H17FN2O5/c1-20-18(24)21-17(23)16(12-7-3-2-4-8-12)26-15(22)11-25-14-10-6-5-9-13(14)19/h2-10,16H,11H2,1H3,(H2,20,21,23,24). The summed E-state index contributed by atoms with van der Waals surface area (Å²) in [7, 11) is 1.34. The Bertz CT molecular complexity index is 782. The van der Waals surface area contributed by atoms with Crippen LogP contribution in [0.3, 0.4) is 0 Å². The first-order valence-corrected chi connectivity index (χ1v) is 7.65. The van der Waals surface area contributed by atoms with Crippen molar-refractivity contribution in [2.24, 2.45) is 0 Å². The number of para-hydroxylation sites is 1. The van der Waals surface area contributed by atoms with Gasteiger partial charge < -0.3 is 14.8 Å². The minimum atomic E-state index is -1.36. The molecule has 7 nitrogen and oxygen atoms in total. The van der Waals surface area contributed by atoms with E-state index in [1.807, 2.05) is 5.32 Å². The van der Waals surface area contributed by atoms with Gasteiger partial charge in [0.25, 0.3) is 5.91 Å². The largest absolute Gasteiger partial charge is 0.479 e. The molecule has 2 rings (SSSR count). The molecule has 8 heteroatoms. The summed E-state index contributed by atoms with van der Waals surface area (Å²) in [5, 5.41) is 4.28. The van der Waals surface area contributed by atoms with Gasteiger partial charge in [0.15, 0.2) is 18.2 Å². The second-order valence-electron chi connectivity index (χ2n) is 5.07. The van der Waals surface area contributed by atoms with Crippen molar-refractivity contribution in [2.45, 2.75) is 6.10 Å². The summed E-state index contributed by atoms with van der Waals surface area (Å²) in [6.07, 6.45) is -1.36. The summed E-state index contributed by atoms with van der Waals surface area (Å²) < 4.78 is 23.7. The molecule has 0 saturated heterocycles. The number of benzene rings is 2. The highest BCUT2D eigenvalue weighted by molar-refractivity contribution is 5.97. The molecule has 0 saturated carbocycles. The molecule has 1 unspecified atom stereocenters. The molecule has 0 bridgehead atoms. The number of imide groups is 1. The van der Waals surface area contributed by atoms with Crippen LogP contribution in [-0.4, -0.2) is 31.6 Å². The molecule has 0 aliphatic carbocycles. The van der Waals surface area contributed by atoms with Crippen molar-refractivity contribution in [2.75, 3.05) is 13.7 Å². The molecule has 3 amide bonds. The van der Waals surface area contributed by atoms with Crippen LogP contribution >= 0.6 is 0 Å². The molecule has 0 heterocycles. The Morgan fingerprint density at radius 2 is 1.69 bits per heavy atom. The van der Waals surface area contributed by atoms with Gasteiger partial charge in [0, 0.05) is 12.6 Å². The number of amides is 3. The molecule has 0 aliphatic heterocycles. The molecular weight excluding hydrogens is 343 g/mol. The van der Waals surface area contributed by atoms with Gasteiger partial charge in [0.2, 0.25) is 6.10 Å². The fraction of sp³-hybridized carbons (Fsp3) is 0.167. The average molecular weight is 360 g/mol. The van der Waals surface area contributed by atoms with E-state index >= 15 is 0 Å². The third kappa shape index (κ3) is 5.30. The first kappa shape index (κ1) is 18.9. The first-order valence-electron chi connectivity index (χ1n) is 7.65. The van der Waals surface area contributed by atoms with E-state index in [0.29, 0.717) is 5.56 Å². The predicted molar refractivity (Wildman–Crippen MR) is 89.8 cm³/mol. The molecule has 0 radical (unpaired) electrons. The number of hydrogen-bond acceptors (Lipinski definition) is 5. The second kappa shape index (κ2) is 9.16. The molecular formula is C18H17FN2O5. The summed E-state index contributed by atoms with van der Waals surface area (Å²) >= 11 is 0. The van der Waals surface area contributed by atoms with Gasteiger partial charge in [-0.05, 0) is 12.1 Å². The zero-order valence-electron chi connectivity index (χ0n) is 13.9. The number of carbonyl (C=O) groups is 3. The number of nitrogens with one attached hydrogen (secondary N) is 2. The van der Waals surface area contributed by atoms with Crippen LogP contribution in [0.1, 0.15) is 11.7 Å². The van der Waals surface area contributed by atoms with E-state index in [2.05, 4.69) is 5.32 Å². The SMILES string of the molecule is CNC(=O)NC(=O)C(OC(=O)COc1ccccc1F)c1ccccc1. The Balaban J connectivity index is 2.06. The third-order valence-electron chi connectivity index (χ3n) is 3.24. The van der Waals surface area contributed by atoms with Crippen molar-refractivity contribution in [3.8, 4) is 5.75 Å². The van der Waals surface area contributed by atoms with Crippen LogP contribution in [0.25, 0.3) is 0 Å². The Morgan fingerprint density at radius 3 is 2.35 bits per heavy atom. The highest BCUT2D eigenvalue weighted by Crippen LogP contribution is 2.19. The maximum absolute atomic E-state index is 13.5. The van der Waals surface area contributed by atoms with E-state index in [1.54, 1.807) is 36.4 Å². The number of ether oxygens (including phenoxy) is 2. The van der Waals surface area contributed by atoms with Crippen LogP contribution in [0.15, 0.2) is 54.6 Å². The van der Waals surface area contributed by atoms with Gasteiger partial charge in [-0.2, -0.15) is 0 Å². The predicted octanol–water partition coefficient (Wildman–Crippen LogP) is 1.94. The highest BCUT2D eigenvalue weighted by atomic mass is 19.1. The highest BCUT2D eigenvalue weighted by Gasteiger charge is 2.26. The molecule has 0 aromatic heterocycles. The average Bonchev–Trinajstić information content (AvgIpc) is 2.66. The zero-order chi connectivity index (χ0) is 18.9. The van der Waals surface area contributed by atoms with E-state index in [-0.39, 0.29) is 5.75 Å². The van der Waals surface area contributed by atoms with Crippen LogP contribution in [0.5, 0.6) is 5.75 Å². The molecule has 0 aliphatic rings. The Hall–Kier alpha value is -3.42. The molecule has 2 aromatic rings. The number of halogens is 1. The summed E-state index contributed by atoms with van der Waals surface area (Å²) in [5.74, 6) is -2.46. The van der Waals surface area contributed by atoms with Crippen LogP contribution < -0.4 is 15.4 Å². The molecule has 26 heavy (non-hydrogen) atoms. The van der Waals surface area contributed by atoms with Crippen molar-refractivity contribution in [3.05, 3.63) is 66.0 Å². The normalized spacial score (nSPS) is 11.2. The van der Waals surface area contributed by atoms with E-state index in [4.69, 9.17) is 9.47 Å². The lowest BCUT2D eigenvalue weighted by Gasteiger charge is -2.17. The quantitative estimate of drug-likeness (QED) is 0.768. The van der Waals surface area contributed by atoms with E-state index in [9.17, 15) is 18.8 Å². The number of urea groups is 1. The fourth-order valence-electron chi connectivity index (χ4n) is 2.00. The first-order chi connectivity index (χ1) is 12.5. The van der Waals surface area contributed by atoms with Gasteiger partial charge in [-0.3, -0.25) is 10.1 Å². The zero-order valence-corrected chi connectivity index (χ0v) is 13.9. The van der Waals surface area contributed by atoms with Crippen molar-refractivity contribution in [3.63, 3.8) is 0 Å². The number of esters is 1.